The first-order chi connectivity index (χ1) is 10.1. The fourth-order valence-electron chi connectivity index (χ4n) is 2.83. The van der Waals surface area contributed by atoms with Gasteiger partial charge in [-0.05, 0) is 30.6 Å². The van der Waals surface area contributed by atoms with Crippen LogP contribution in [0.25, 0.3) is 0 Å². The second-order valence-electron chi connectivity index (χ2n) is 5.34. The molecule has 0 bridgehead atoms. The zero-order valence-corrected chi connectivity index (χ0v) is 13.9. The van der Waals surface area contributed by atoms with E-state index < -0.39 is 5.92 Å². The summed E-state index contributed by atoms with van der Waals surface area (Å²) in [5.74, 6) is 0.533. The number of hydrogen-bond acceptors (Lipinski definition) is 3. The minimum Gasteiger partial charge on any atom is -0.392 e. The van der Waals surface area contributed by atoms with Crippen LogP contribution in [0.2, 0.25) is 0 Å². The Bertz CT molecular complexity index is 492. The number of carbonyl (C=O) groups excluding carboxylic acids is 1. The first-order valence-electron chi connectivity index (χ1n) is 7.38. The normalized spacial score (nSPS) is 22.7. The molecule has 0 saturated heterocycles. The van der Waals surface area contributed by atoms with Crippen molar-refractivity contribution >= 4 is 34.9 Å². The lowest BCUT2D eigenvalue weighted by atomic mass is 9.98. The van der Waals surface area contributed by atoms with Gasteiger partial charge in [0.25, 0.3) is 0 Å². The molecule has 1 aliphatic carbocycles. The summed E-state index contributed by atoms with van der Waals surface area (Å²) in [6.45, 7) is 2.18. The molecule has 0 spiro atoms. The zero-order chi connectivity index (χ0) is 15.2. The number of hydrogen-bond donors (Lipinski definition) is 2. The molecule has 1 amide bonds. The summed E-state index contributed by atoms with van der Waals surface area (Å²) >= 11 is 7.07. The van der Waals surface area contributed by atoms with Crippen molar-refractivity contribution < 1.29 is 4.79 Å². The van der Waals surface area contributed by atoms with Crippen molar-refractivity contribution in [2.75, 3.05) is 5.75 Å². The first-order valence-corrected chi connectivity index (χ1v) is 8.83. The van der Waals surface area contributed by atoms with Crippen molar-refractivity contribution in [3.63, 3.8) is 0 Å². The average Bonchev–Trinajstić information content (AvgIpc) is 2.87. The summed E-state index contributed by atoms with van der Waals surface area (Å²) in [4.78, 5) is 12.8. The highest BCUT2D eigenvalue weighted by atomic mass is 32.2. The smallest absolute Gasteiger partial charge is 0.234 e. The van der Waals surface area contributed by atoms with Crippen LogP contribution in [0.1, 0.15) is 37.7 Å². The lowest BCUT2D eigenvalue weighted by Gasteiger charge is -2.19. The standard InChI is InChI=1S/C16H22N2OS2/c1-2-21-13-9-8-12(10-13)18-16(19)14(15(17)20)11-6-4-3-5-7-11/h3-7,12-14H,2,8-10H2,1H3,(H2,17,20)(H,18,19). The lowest BCUT2D eigenvalue weighted by Crippen LogP contribution is -2.41. The van der Waals surface area contributed by atoms with Crippen LogP contribution in [0.15, 0.2) is 30.3 Å². The van der Waals surface area contributed by atoms with E-state index in [1.807, 2.05) is 42.1 Å². The molecular weight excluding hydrogens is 300 g/mol. The third-order valence-corrected chi connectivity index (χ3v) is 5.28. The number of carbonyl (C=O) groups is 1. The van der Waals surface area contributed by atoms with Crippen LogP contribution in [0.3, 0.4) is 0 Å². The van der Waals surface area contributed by atoms with Crippen molar-refractivity contribution in [1.29, 1.82) is 0 Å². The maximum absolute atomic E-state index is 12.5. The van der Waals surface area contributed by atoms with Crippen molar-refractivity contribution in [2.45, 2.75) is 43.4 Å². The van der Waals surface area contributed by atoms with E-state index in [2.05, 4.69) is 12.2 Å². The van der Waals surface area contributed by atoms with E-state index in [-0.39, 0.29) is 16.9 Å². The Morgan fingerprint density at radius 2 is 2.14 bits per heavy atom. The summed E-state index contributed by atoms with van der Waals surface area (Å²) in [6.07, 6.45) is 3.26. The SMILES string of the molecule is CCSC1CCC(NC(=O)C(C(N)=S)c2ccccc2)C1. The third-order valence-electron chi connectivity index (χ3n) is 3.81. The van der Waals surface area contributed by atoms with Gasteiger partial charge in [0.05, 0.1) is 4.99 Å². The fraction of sp³-hybridized carbons (Fsp3) is 0.500. The number of amides is 1. The van der Waals surface area contributed by atoms with Crippen molar-refractivity contribution in [1.82, 2.24) is 5.32 Å². The Labute approximate surface area is 136 Å². The monoisotopic (exact) mass is 322 g/mol. The van der Waals surface area contributed by atoms with Gasteiger partial charge >= 0.3 is 0 Å². The molecule has 5 heteroatoms. The summed E-state index contributed by atoms with van der Waals surface area (Å²) in [7, 11) is 0. The molecule has 3 atom stereocenters. The Morgan fingerprint density at radius 3 is 2.76 bits per heavy atom. The van der Waals surface area contributed by atoms with Gasteiger partial charge in [-0.15, -0.1) is 0 Å². The van der Waals surface area contributed by atoms with Crippen LogP contribution >= 0.6 is 24.0 Å². The summed E-state index contributed by atoms with van der Waals surface area (Å²) in [6, 6.07) is 9.76. The third kappa shape index (κ3) is 4.45. The number of thiocarbonyl (C=S) groups is 1. The lowest BCUT2D eigenvalue weighted by molar-refractivity contribution is -0.121. The maximum atomic E-state index is 12.5. The topological polar surface area (TPSA) is 55.1 Å². The van der Waals surface area contributed by atoms with Gasteiger partial charge in [0.2, 0.25) is 5.91 Å². The largest absolute Gasteiger partial charge is 0.392 e. The molecule has 0 aromatic heterocycles. The predicted octanol–water partition coefficient (Wildman–Crippen LogP) is 2.85. The first kappa shape index (κ1) is 16.3. The van der Waals surface area contributed by atoms with E-state index >= 15 is 0 Å². The molecular formula is C16H22N2OS2. The van der Waals surface area contributed by atoms with Gasteiger partial charge in [0.15, 0.2) is 0 Å². The Hall–Kier alpha value is -1.07. The van der Waals surface area contributed by atoms with Crippen LogP contribution in [0, 0.1) is 0 Å². The van der Waals surface area contributed by atoms with E-state index in [0.29, 0.717) is 5.25 Å². The van der Waals surface area contributed by atoms with Crippen LogP contribution in [-0.2, 0) is 4.79 Å². The number of benzene rings is 1. The molecule has 0 heterocycles. The van der Waals surface area contributed by atoms with Gasteiger partial charge in [-0.3, -0.25) is 4.79 Å². The van der Waals surface area contributed by atoms with Gasteiger partial charge in [-0.1, -0.05) is 49.5 Å². The molecule has 2 rings (SSSR count). The zero-order valence-electron chi connectivity index (χ0n) is 12.2. The summed E-state index contributed by atoms with van der Waals surface area (Å²) in [5, 5.41) is 3.79. The van der Waals surface area contributed by atoms with Gasteiger partial charge in [-0.2, -0.15) is 11.8 Å². The van der Waals surface area contributed by atoms with E-state index in [0.717, 1.165) is 24.2 Å². The molecule has 0 aliphatic heterocycles. The molecule has 3 unspecified atom stereocenters. The molecule has 3 nitrogen and oxygen atoms in total. The second kappa shape index (κ2) is 7.80. The van der Waals surface area contributed by atoms with Gasteiger partial charge in [0, 0.05) is 11.3 Å². The van der Waals surface area contributed by atoms with Gasteiger partial charge < -0.3 is 11.1 Å². The van der Waals surface area contributed by atoms with Crippen LogP contribution in [0.4, 0.5) is 0 Å². The second-order valence-corrected chi connectivity index (χ2v) is 7.39. The number of thioether (sulfide) groups is 1. The molecule has 0 radical (unpaired) electrons. The highest BCUT2D eigenvalue weighted by Gasteiger charge is 2.30. The quantitative estimate of drug-likeness (QED) is 0.791. The van der Waals surface area contributed by atoms with Crippen molar-refractivity contribution in [3.8, 4) is 0 Å². The van der Waals surface area contributed by atoms with Crippen LogP contribution in [-0.4, -0.2) is 27.9 Å². The minimum absolute atomic E-state index is 0.0687. The van der Waals surface area contributed by atoms with Crippen molar-refractivity contribution in [3.05, 3.63) is 35.9 Å². The fourth-order valence-corrected chi connectivity index (χ4v) is 4.22. The molecule has 1 aliphatic rings. The molecule has 1 saturated carbocycles. The molecule has 1 aromatic carbocycles. The van der Waals surface area contributed by atoms with Gasteiger partial charge in [-0.25, -0.2) is 0 Å². The molecule has 1 fully saturated rings. The van der Waals surface area contributed by atoms with E-state index in [1.165, 1.54) is 6.42 Å². The van der Waals surface area contributed by atoms with Crippen LogP contribution in [0.5, 0.6) is 0 Å². The number of rotatable bonds is 6. The Morgan fingerprint density at radius 1 is 1.43 bits per heavy atom. The number of nitrogens with two attached hydrogens (primary N) is 1. The molecule has 21 heavy (non-hydrogen) atoms. The molecule has 1 aromatic rings. The Balaban J connectivity index is 1.99. The summed E-state index contributed by atoms with van der Waals surface area (Å²) in [5.41, 5.74) is 6.65. The van der Waals surface area contributed by atoms with Crippen LogP contribution < -0.4 is 11.1 Å². The maximum Gasteiger partial charge on any atom is 0.234 e. The minimum atomic E-state index is -0.529. The highest BCUT2D eigenvalue weighted by molar-refractivity contribution is 7.99. The van der Waals surface area contributed by atoms with Gasteiger partial charge in [0.1, 0.15) is 5.92 Å². The van der Waals surface area contributed by atoms with Crippen molar-refractivity contribution in [2.24, 2.45) is 5.73 Å². The Kier molecular flexibility index (Phi) is 6.06. The molecule has 3 N–H and O–H groups in total. The van der Waals surface area contributed by atoms with E-state index in [9.17, 15) is 4.79 Å². The predicted molar refractivity (Wildman–Crippen MR) is 93.7 cm³/mol. The van der Waals surface area contributed by atoms with E-state index in [1.54, 1.807) is 0 Å². The molecule has 114 valence electrons. The average molecular weight is 322 g/mol. The number of nitrogens with one attached hydrogen (secondary N) is 1. The van der Waals surface area contributed by atoms with E-state index in [4.69, 9.17) is 18.0 Å². The summed E-state index contributed by atoms with van der Waals surface area (Å²) < 4.78 is 0. The highest BCUT2D eigenvalue weighted by Crippen LogP contribution is 2.30.